The Morgan fingerprint density at radius 1 is 0.970 bits per heavy atom. The third-order valence-electron chi connectivity index (χ3n) is 6.22. The number of fused-ring (bicyclic) bond motifs is 1. The van der Waals surface area contributed by atoms with Crippen molar-refractivity contribution < 1.29 is 14.3 Å². The molecule has 4 aromatic rings. The summed E-state index contributed by atoms with van der Waals surface area (Å²) >= 11 is 0. The second-order valence-electron chi connectivity index (χ2n) is 8.33. The van der Waals surface area contributed by atoms with Crippen molar-refractivity contribution in [2.24, 2.45) is 0 Å². The van der Waals surface area contributed by atoms with Gasteiger partial charge in [-0.2, -0.15) is 0 Å². The molecule has 3 aromatic carbocycles. The van der Waals surface area contributed by atoms with E-state index in [9.17, 15) is 4.79 Å². The lowest BCUT2D eigenvalue weighted by molar-refractivity contribution is -0.117. The standard InChI is InChI=1S/C27H27N3O3/c1-19-7-3-5-9-24(19)30-18-20(17-26(30)31)27-28-23-8-4-6-10-25(23)29(27)15-16-33-22-13-11-21(32-2)12-14-22/h3-14,20H,15-18H2,1-2H3/t20-/m0/s1. The lowest BCUT2D eigenvalue weighted by atomic mass is 10.1. The molecular formula is C27H27N3O3. The van der Waals surface area contributed by atoms with E-state index in [1.807, 2.05) is 78.6 Å². The quantitative estimate of drug-likeness (QED) is 0.407. The molecule has 6 nitrogen and oxygen atoms in total. The highest BCUT2D eigenvalue weighted by molar-refractivity contribution is 5.97. The van der Waals surface area contributed by atoms with Crippen LogP contribution in [0.5, 0.6) is 11.5 Å². The van der Waals surface area contributed by atoms with Crippen molar-refractivity contribution in [3.05, 3.63) is 84.2 Å². The van der Waals surface area contributed by atoms with Crippen LogP contribution < -0.4 is 14.4 Å². The third kappa shape index (κ3) is 4.16. The molecular weight excluding hydrogens is 414 g/mol. The van der Waals surface area contributed by atoms with E-state index < -0.39 is 0 Å². The topological polar surface area (TPSA) is 56.6 Å². The van der Waals surface area contributed by atoms with Gasteiger partial charge in [-0.15, -0.1) is 0 Å². The number of hydrogen-bond acceptors (Lipinski definition) is 4. The lowest BCUT2D eigenvalue weighted by Crippen LogP contribution is -2.25. The fourth-order valence-corrected chi connectivity index (χ4v) is 4.55. The number of ether oxygens (including phenoxy) is 2. The first-order valence-corrected chi connectivity index (χ1v) is 11.2. The number of nitrogens with zero attached hydrogens (tertiary/aromatic N) is 3. The summed E-state index contributed by atoms with van der Waals surface area (Å²) in [6.45, 7) is 3.83. The van der Waals surface area contributed by atoms with Crippen molar-refractivity contribution in [3.8, 4) is 11.5 Å². The van der Waals surface area contributed by atoms with Crippen LogP contribution >= 0.6 is 0 Å². The molecule has 0 unspecified atom stereocenters. The summed E-state index contributed by atoms with van der Waals surface area (Å²) < 4.78 is 13.4. The highest BCUT2D eigenvalue weighted by Crippen LogP contribution is 2.34. The number of benzene rings is 3. The number of rotatable bonds is 7. The lowest BCUT2D eigenvalue weighted by Gasteiger charge is -2.19. The molecule has 33 heavy (non-hydrogen) atoms. The predicted octanol–water partition coefficient (Wildman–Crippen LogP) is 4.95. The molecule has 168 valence electrons. The second-order valence-corrected chi connectivity index (χ2v) is 8.33. The predicted molar refractivity (Wildman–Crippen MR) is 129 cm³/mol. The van der Waals surface area contributed by atoms with Gasteiger partial charge in [0.1, 0.15) is 23.9 Å². The molecule has 0 N–H and O–H groups in total. The summed E-state index contributed by atoms with van der Waals surface area (Å²) in [5.74, 6) is 2.71. The first-order valence-electron chi connectivity index (χ1n) is 11.2. The SMILES string of the molecule is COc1ccc(OCCn2c([C@H]3CC(=O)N(c4ccccc4C)C3)nc3ccccc32)cc1. The van der Waals surface area contributed by atoms with E-state index in [0.717, 1.165) is 39.6 Å². The van der Waals surface area contributed by atoms with Crippen LogP contribution in [0.1, 0.15) is 23.7 Å². The number of para-hydroxylation sites is 3. The normalized spacial score (nSPS) is 15.9. The summed E-state index contributed by atoms with van der Waals surface area (Å²) in [6.07, 6.45) is 0.455. The van der Waals surface area contributed by atoms with Crippen molar-refractivity contribution in [1.29, 1.82) is 0 Å². The van der Waals surface area contributed by atoms with Crippen LogP contribution in [0.3, 0.4) is 0 Å². The molecule has 1 saturated heterocycles. The fourth-order valence-electron chi connectivity index (χ4n) is 4.55. The van der Waals surface area contributed by atoms with E-state index in [1.54, 1.807) is 7.11 Å². The van der Waals surface area contributed by atoms with Gasteiger partial charge in [0, 0.05) is 24.6 Å². The van der Waals surface area contributed by atoms with Crippen LogP contribution in [0.2, 0.25) is 0 Å². The van der Waals surface area contributed by atoms with E-state index in [4.69, 9.17) is 14.5 Å². The molecule has 0 aliphatic carbocycles. The number of imidazole rings is 1. The Hall–Kier alpha value is -3.80. The average Bonchev–Trinajstić information content (AvgIpc) is 3.40. The van der Waals surface area contributed by atoms with Gasteiger partial charge >= 0.3 is 0 Å². The first kappa shape index (κ1) is 21.1. The van der Waals surface area contributed by atoms with Gasteiger partial charge in [0.25, 0.3) is 0 Å². The van der Waals surface area contributed by atoms with Crippen LogP contribution in [-0.2, 0) is 11.3 Å². The molecule has 2 heterocycles. The third-order valence-corrected chi connectivity index (χ3v) is 6.22. The molecule has 1 aromatic heterocycles. The summed E-state index contributed by atoms with van der Waals surface area (Å²) in [6, 6.07) is 23.7. The zero-order chi connectivity index (χ0) is 22.8. The first-order chi connectivity index (χ1) is 16.1. The molecule has 1 aliphatic rings. The summed E-state index contributed by atoms with van der Waals surface area (Å²) in [5, 5.41) is 0. The van der Waals surface area contributed by atoms with Crippen LogP contribution in [0.15, 0.2) is 72.8 Å². The number of aryl methyl sites for hydroxylation is 1. The number of amides is 1. The zero-order valence-corrected chi connectivity index (χ0v) is 18.9. The number of carbonyl (C=O) groups is 1. The summed E-state index contributed by atoms with van der Waals surface area (Å²) in [5.41, 5.74) is 4.09. The van der Waals surface area contributed by atoms with Gasteiger partial charge in [-0.25, -0.2) is 4.98 Å². The van der Waals surface area contributed by atoms with Gasteiger partial charge < -0.3 is 18.9 Å². The second kappa shape index (κ2) is 8.98. The Morgan fingerprint density at radius 3 is 2.48 bits per heavy atom. The van der Waals surface area contributed by atoms with Crippen molar-refractivity contribution in [1.82, 2.24) is 9.55 Å². The van der Waals surface area contributed by atoms with Gasteiger partial charge in [-0.3, -0.25) is 4.79 Å². The van der Waals surface area contributed by atoms with E-state index >= 15 is 0 Å². The monoisotopic (exact) mass is 441 g/mol. The van der Waals surface area contributed by atoms with E-state index in [2.05, 4.69) is 10.6 Å². The van der Waals surface area contributed by atoms with Crippen LogP contribution in [0.25, 0.3) is 11.0 Å². The van der Waals surface area contributed by atoms with Crippen molar-refractivity contribution in [2.45, 2.75) is 25.8 Å². The highest BCUT2D eigenvalue weighted by Gasteiger charge is 2.35. The molecule has 0 radical (unpaired) electrons. The van der Waals surface area contributed by atoms with E-state index in [0.29, 0.717) is 26.1 Å². The Morgan fingerprint density at radius 2 is 1.70 bits per heavy atom. The molecule has 1 aliphatic heterocycles. The van der Waals surface area contributed by atoms with Crippen molar-refractivity contribution in [3.63, 3.8) is 0 Å². The zero-order valence-electron chi connectivity index (χ0n) is 18.9. The molecule has 0 spiro atoms. The number of aromatic nitrogens is 2. The molecule has 1 atom stereocenters. The molecule has 6 heteroatoms. The number of hydrogen-bond donors (Lipinski definition) is 0. The van der Waals surface area contributed by atoms with Crippen LogP contribution in [0.4, 0.5) is 5.69 Å². The van der Waals surface area contributed by atoms with Gasteiger partial charge in [0.2, 0.25) is 5.91 Å². The largest absolute Gasteiger partial charge is 0.497 e. The Labute approximate surface area is 193 Å². The summed E-state index contributed by atoms with van der Waals surface area (Å²) in [7, 11) is 1.65. The Balaban J connectivity index is 1.38. The number of carbonyl (C=O) groups excluding carboxylic acids is 1. The number of anilines is 1. The Kier molecular flexibility index (Phi) is 5.73. The van der Waals surface area contributed by atoms with Crippen LogP contribution in [0, 0.1) is 6.92 Å². The summed E-state index contributed by atoms with van der Waals surface area (Å²) in [4.78, 5) is 19.8. The smallest absolute Gasteiger partial charge is 0.227 e. The minimum atomic E-state index is 0.0329. The maximum atomic E-state index is 12.9. The maximum Gasteiger partial charge on any atom is 0.227 e. The molecule has 0 bridgehead atoms. The van der Waals surface area contributed by atoms with Gasteiger partial charge in [-0.1, -0.05) is 30.3 Å². The molecule has 1 fully saturated rings. The average molecular weight is 442 g/mol. The Bertz CT molecular complexity index is 1280. The van der Waals surface area contributed by atoms with E-state index in [-0.39, 0.29) is 11.8 Å². The number of methoxy groups -OCH3 is 1. The van der Waals surface area contributed by atoms with Gasteiger partial charge in [0.15, 0.2) is 0 Å². The fraction of sp³-hybridized carbons (Fsp3) is 0.259. The minimum absolute atomic E-state index is 0.0329. The maximum absolute atomic E-state index is 12.9. The molecule has 0 saturated carbocycles. The van der Waals surface area contributed by atoms with E-state index in [1.165, 1.54) is 0 Å². The van der Waals surface area contributed by atoms with Crippen LogP contribution in [-0.4, -0.2) is 35.7 Å². The molecule has 5 rings (SSSR count). The molecule has 1 amide bonds. The van der Waals surface area contributed by atoms with Gasteiger partial charge in [-0.05, 0) is 55.0 Å². The highest BCUT2D eigenvalue weighted by atomic mass is 16.5. The minimum Gasteiger partial charge on any atom is -0.497 e. The van der Waals surface area contributed by atoms with Crippen molar-refractivity contribution in [2.75, 3.05) is 25.2 Å². The van der Waals surface area contributed by atoms with Crippen molar-refractivity contribution >= 4 is 22.6 Å². The van der Waals surface area contributed by atoms with Gasteiger partial charge in [0.05, 0.1) is 24.7 Å².